The second kappa shape index (κ2) is 5.75. The number of phenolic OH excluding ortho intramolecular Hbond substituents is 2. The van der Waals surface area contributed by atoms with Gasteiger partial charge in [-0.15, -0.1) is 0 Å². The molecule has 0 saturated carbocycles. The first-order valence-corrected chi connectivity index (χ1v) is 6.31. The summed E-state index contributed by atoms with van der Waals surface area (Å²) in [5, 5.41) is 28.5. The number of rotatable bonds is 4. The van der Waals surface area contributed by atoms with Crippen LogP contribution >= 0.6 is 0 Å². The van der Waals surface area contributed by atoms with Crippen LogP contribution in [0.15, 0.2) is 42.5 Å². The number of aliphatic hydroxyl groups is 1. The molecule has 0 aliphatic heterocycles. The van der Waals surface area contributed by atoms with E-state index in [1.54, 1.807) is 31.2 Å². The molecule has 2 aromatic rings. The summed E-state index contributed by atoms with van der Waals surface area (Å²) in [5.74, 6) is -0.697. The van der Waals surface area contributed by atoms with E-state index in [4.69, 9.17) is 0 Å². The minimum absolute atomic E-state index is 0.101. The summed E-state index contributed by atoms with van der Waals surface area (Å²) in [5.41, 5.74) is 1.29. The summed E-state index contributed by atoms with van der Waals surface area (Å²) in [7, 11) is 0. The minimum Gasteiger partial charge on any atom is -0.508 e. The molecule has 0 aliphatic carbocycles. The van der Waals surface area contributed by atoms with Gasteiger partial charge in [0.05, 0.1) is 11.7 Å². The van der Waals surface area contributed by atoms with Crippen molar-refractivity contribution in [3.8, 4) is 11.5 Å². The van der Waals surface area contributed by atoms with Crippen LogP contribution in [0.5, 0.6) is 11.5 Å². The van der Waals surface area contributed by atoms with Gasteiger partial charge >= 0.3 is 0 Å². The molecule has 1 unspecified atom stereocenters. The van der Waals surface area contributed by atoms with Gasteiger partial charge in [-0.3, -0.25) is 4.79 Å². The first-order valence-electron chi connectivity index (χ1n) is 6.31. The van der Waals surface area contributed by atoms with E-state index in [9.17, 15) is 20.1 Å². The minimum atomic E-state index is -0.558. The Kier molecular flexibility index (Phi) is 4.05. The van der Waals surface area contributed by atoms with Crippen LogP contribution in [0.1, 0.15) is 28.4 Å². The van der Waals surface area contributed by atoms with Gasteiger partial charge in [0.1, 0.15) is 11.5 Å². The monoisotopic (exact) mass is 272 g/mol. The first-order chi connectivity index (χ1) is 9.49. The van der Waals surface area contributed by atoms with Crippen molar-refractivity contribution < 1.29 is 20.1 Å². The zero-order valence-corrected chi connectivity index (χ0v) is 11.1. The predicted octanol–water partition coefficient (Wildman–Crippen LogP) is 2.25. The second-order valence-electron chi connectivity index (χ2n) is 4.74. The maximum atomic E-state index is 12.5. The fourth-order valence-electron chi connectivity index (χ4n) is 2.10. The predicted molar refractivity (Wildman–Crippen MR) is 75.0 cm³/mol. The molecule has 0 fully saturated rings. The van der Waals surface area contributed by atoms with Crippen LogP contribution in [0.4, 0.5) is 0 Å². The molecule has 1 atom stereocenters. The van der Waals surface area contributed by atoms with Crippen molar-refractivity contribution in [2.45, 2.75) is 19.4 Å². The van der Waals surface area contributed by atoms with Crippen molar-refractivity contribution >= 4 is 5.78 Å². The molecule has 0 heterocycles. The molecular weight excluding hydrogens is 256 g/mol. The highest BCUT2D eigenvalue weighted by Gasteiger charge is 2.17. The molecule has 3 N–H and O–H groups in total. The topological polar surface area (TPSA) is 77.8 Å². The number of aromatic hydroxyl groups is 2. The number of phenols is 2. The van der Waals surface area contributed by atoms with Crippen LogP contribution in [-0.2, 0) is 6.42 Å². The summed E-state index contributed by atoms with van der Waals surface area (Å²) in [6.45, 7) is 1.65. The van der Waals surface area contributed by atoms with Gasteiger partial charge in [-0.25, -0.2) is 0 Å². The molecule has 0 radical (unpaired) electrons. The van der Waals surface area contributed by atoms with Crippen LogP contribution in [0.25, 0.3) is 0 Å². The van der Waals surface area contributed by atoms with E-state index in [0.29, 0.717) is 12.0 Å². The zero-order valence-electron chi connectivity index (χ0n) is 11.1. The summed E-state index contributed by atoms with van der Waals surface area (Å²) in [6, 6.07) is 10.8. The zero-order chi connectivity index (χ0) is 14.7. The number of carbonyl (C=O) groups is 1. The average Bonchev–Trinajstić information content (AvgIpc) is 2.38. The largest absolute Gasteiger partial charge is 0.508 e. The van der Waals surface area contributed by atoms with E-state index in [-0.39, 0.29) is 22.8 Å². The van der Waals surface area contributed by atoms with Crippen molar-refractivity contribution in [2.75, 3.05) is 0 Å². The molecule has 2 rings (SSSR count). The Labute approximate surface area is 116 Å². The van der Waals surface area contributed by atoms with Gasteiger partial charge in [-0.1, -0.05) is 24.3 Å². The molecule has 0 spiro atoms. The lowest BCUT2D eigenvalue weighted by molar-refractivity contribution is 0.103. The molecule has 0 amide bonds. The summed E-state index contributed by atoms with van der Waals surface area (Å²) < 4.78 is 0. The highest BCUT2D eigenvalue weighted by atomic mass is 16.3. The van der Waals surface area contributed by atoms with Crippen LogP contribution < -0.4 is 0 Å². The van der Waals surface area contributed by atoms with Gasteiger partial charge in [0.25, 0.3) is 0 Å². The van der Waals surface area contributed by atoms with Crippen molar-refractivity contribution in [3.05, 3.63) is 59.2 Å². The third-order valence-electron chi connectivity index (χ3n) is 3.00. The molecule has 4 nitrogen and oxygen atoms in total. The molecule has 0 aliphatic rings. The van der Waals surface area contributed by atoms with E-state index in [2.05, 4.69) is 0 Å². The lowest BCUT2D eigenvalue weighted by Crippen LogP contribution is -2.11. The van der Waals surface area contributed by atoms with Gasteiger partial charge in [0.15, 0.2) is 5.78 Å². The number of hydrogen-bond donors (Lipinski definition) is 3. The Bertz CT molecular complexity index is 632. The van der Waals surface area contributed by atoms with E-state index >= 15 is 0 Å². The Morgan fingerprint density at radius 2 is 1.80 bits per heavy atom. The highest BCUT2D eigenvalue weighted by Crippen LogP contribution is 2.26. The Morgan fingerprint density at radius 1 is 1.10 bits per heavy atom. The fraction of sp³-hybridized carbons (Fsp3) is 0.188. The number of ketones is 1. The van der Waals surface area contributed by atoms with Gasteiger partial charge in [0.2, 0.25) is 0 Å². The molecular formula is C16H16O4. The maximum Gasteiger partial charge on any atom is 0.197 e. The van der Waals surface area contributed by atoms with Gasteiger partial charge in [0, 0.05) is 11.6 Å². The Morgan fingerprint density at radius 3 is 2.45 bits per heavy atom. The SMILES string of the molecule is CC(O)Cc1ccccc1C(=O)c1ccc(O)cc1O. The smallest absolute Gasteiger partial charge is 0.197 e. The van der Waals surface area contributed by atoms with Gasteiger partial charge in [-0.2, -0.15) is 0 Å². The highest BCUT2D eigenvalue weighted by molar-refractivity contribution is 6.11. The molecule has 104 valence electrons. The lowest BCUT2D eigenvalue weighted by Gasteiger charge is -2.11. The number of benzene rings is 2. The molecule has 0 aromatic heterocycles. The van der Waals surface area contributed by atoms with Crippen molar-refractivity contribution in [1.82, 2.24) is 0 Å². The first kappa shape index (κ1) is 14.1. The summed E-state index contributed by atoms with van der Waals surface area (Å²) in [6.07, 6.45) is -0.196. The molecule has 20 heavy (non-hydrogen) atoms. The third kappa shape index (κ3) is 2.97. The van der Waals surface area contributed by atoms with Crippen molar-refractivity contribution in [1.29, 1.82) is 0 Å². The molecule has 0 saturated heterocycles. The van der Waals surface area contributed by atoms with Gasteiger partial charge in [-0.05, 0) is 31.0 Å². The van der Waals surface area contributed by atoms with E-state index < -0.39 is 6.10 Å². The molecule has 0 bridgehead atoms. The average molecular weight is 272 g/mol. The van der Waals surface area contributed by atoms with E-state index in [1.807, 2.05) is 0 Å². The summed E-state index contributed by atoms with van der Waals surface area (Å²) >= 11 is 0. The number of hydrogen-bond acceptors (Lipinski definition) is 4. The van der Waals surface area contributed by atoms with Gasteiger partial charge < -0.3 is 15.3 Å². The third-order valence-corrected chi connectivity index (χ3v) is 3.00. The Balaban J connectivity index is 2.43. The van der Waals surface area contributed by atoms with E-state index in [1.165, 1.54) is 12.1 Å². The van der Waals surface area contributed by atoms with Crippen molar-refractivity contribution in [2.24, 2.45) is 0 Å². The normalized spacial score (nSPS) is 12.1. The van der Waals surface area contributed by atoms with E-state index in [0.717, 1.165) is 11.6 Å². The van der Waals surface area contributed by atoms with Crippen LogP contribution in [0.2, 0.25) is 0 Å². The molecule has 2 aromatic carbocycles. The fourth-order valence-corrected chi connectivity index (χ4v) is 2.10. The standard InChI is InChI=1S/C16H16O4/c1-10(17)8-11-4-2-3-5-13(11)16(20)14-7-6-12(18)9-15(14)19/h2-7,9-10,17-19H,8H2,1H3. The molecule has 4 heteroatoms. The maximum absolute atomic E-state index is 12.5. The lowest BCUT2D eigenvalue weighted by atomic mass is 9.95. The van der Waals surface area contributed by atoms with Crippen LogP contribution in [0, 0.1) is 0 Å². The summed E-state index contributed by atoms with van der Waals surface area (Å²) in [4.78, 5) is 12.5. The number of carbonyl (C=O) groups excluding carboxylic acids is 1. The quantitative estimate of drug-likeness (QED) is 0.746. The van der Waals surface area contributed by atoms with Crippen molar-refractivity contribution in [3.63, 3.8) is 0 Å². The van der Waals surface area contributed by atoms with Crippen LogP contribution in [-0.4, -0.2) is 27.2 Å². The number of aliphatic hydroxyl groups excluding tert-OH is 1. The second-order valence-corrected chi connectivity index (χ2v) is 4.74. The van der Waals surface area contributed by atoms with Crippen LogP contribution in [0.3, 0.4) is 0 Å². The Hall–Kier alpha value is -2.33.